The predicted octanol–water partition coefficient (Wildman–Crippen LogP) is 6.38. The summed E-state index contributed by atoms with van der Waals surface area (Å²) >= 11 is 0. The third-order valence-electron chi connectivity index (χ3n) is 14.6. The SMILES string of the molecule is CCOC(=O)c1nnc(N2CC3(CC[C@@H](N4CCC(c5ccccc5O)CC4)C3)C2)o1.CCOC(=O)c1nnc(N2CC3(CC[C@@H](N4CCC(c5ccccc5O)CC4)C3)C2)o1. The van der Waals surface area contributed by atoms with Gasteiger partial charge in [0.25, 0.3) is 0 Å². The van der Waals surface area contributed by atoms with Crippen molar-refractivity contribution >= 4 is 24.0 Å². The minimum absolute atomic E-state index is 0.0746. The molecular weight excluding hydrogens is 793 g/mol. The highest BCUT2D eigenvalue weighted by Crippen LogP contribution is 2.50. The summed E-state index contributed by atoms with van der Waals surface area (Å²) < 4.78 is 20.9. The normalized spacial score (nSPS) is 23.8. The van der Waals surface area contributed by atoms with Crippen LogP contribution >= 0.6 is 0 Å². The molecule has 0 unspecified atom stereocenters. The number of anilines is 2. The molecule has 16 heteroatoms. The van der Waals surface area contributed by atoms with Gasteiger partial charge in [-0.1, -0.05) is 56.8 Å². The number of esters is 2. The van der Waals surface area contributed by atoms with Crippen molar-refractivity contribution in [1.82, 2.24) is 30.2 Å². The number of piperidine rings is 2. The van der Waals surface area contributed by atoms with E-state index in [2.05, 4.69) is 52.1 Å². The fourth-order valence-corrected chi connectivity index (χ4v) is 11.4. The molecule has 2 atom stereocenters. The number of ether oxygens (including phenoxy) is 2. The van der Waals surface area contributed by atoms with Gasteiger partial charge in [0.2, 0.25) is 0 Å². The summed E-state index contributed by atoms with van der Waals surface area (Å²) in [5, 5.41) is 36.0. The molecule has 2 aromatic heterocycles. The first-order valence-electron chi connectivity index (χ1n) is 22.7. The quantitative estimate of drug-likeness (QED) is 0.167. The van der Waals surface area contributed by atoms with Gasteiger partial charge in [-0.3, -0.25) is 0 Å². The second kappa shape index (κ2) is 17.9. The lowest BCUT2D eigenvalue weighted by atomic mass is 9.78. The lowest BCUT2D eigenvalue weighted by Crippen LogP contribution is -2.56. The molecule has 332 valence electrons. The molecule has 4 aliphatic heterocycles. The van der Waals surface area contributed by atoms with E-state index in [0.717, 1.165) is 89.2 Å². The zero-order chi connectivity index (χ0) is 42.8. The molecule has 0 bridgehead atoms. The smallest absolute Gasteiger partial charge is 0.396 e. The van der Waals surface area contributed by atoms with E-state index in [9.17, 15) is 19.8 Å². The average Bonchev–Trinajstić information content (AvgIpc) is 4.10. The van der Waals surface area contributed by atoms with Crippen LogP contribution in [0.5, 0.6) is 11.5 Å². The molecule has 6 fully saturated rings. The Balaban J connectivity index is 0.000000158. The van der Waals surface area contributed by atoms with Gasteiger partial charge in [-0.2, -0.15) is 0 Å². The van der Waals surface area contributed by atoms with Gasteiger partial charge in [0.05, 0.1) is 13.2 Å². The van der Waals surface area contributed by atoms with Gasteiger partial charge in [0, 0.05) is 49.1 Å². The summed E-state index contributed by atoms with van der Waals surface area (Å²) in [6.07, 6.45) is 11.7. The molecular formula is C46H60N8O8. The summed E-state index contributed by atoms with van der Waals surface area (Å²) in [6, 6.07) is 17.6. The lowest BCUT2D eigenvalue weighted by Gasteiger charge is -2.48. The van der Waals surface area contributed by atoms with Crippen molar-refractivity contribution in [3.05, 3.63) is 71.4 Å². The van der Waals surface area contributed by atoms with E-state index in [1.54, 1.807) is 26.0 Å². The van der Waals surface area contributed by atoms with Crippen LogP contribution in [-0.4, -0.2) is 130 Å². The number of benzene rings is 2. The van der Waals surface area contributed by atoms with Crippen molar-refractivity contribution < 1.29 is 38.1 Å². The Morgan fingerprint density at radius 2 is 1.00 bits per heavy atom. The van der Waals surface area contributed by atoms with Crippen LogP contribution in [-0.2, 0) is 9.47 Å². The number of aromatic nitrogens is 4. The molecule has 6 aliphatic rings. The third kappa shape index (κ3) is 8.72. The van der Waals surface area contributed by atoms with Gasteiger partial charge in [-0.15, -0.1) is 0 Å². The number of phenols is 2. The van der Waals surface area contributed by atoms with Crippen molar-refractivity contribution in [2.75, 3.05) is 75.4 Å². The second-order valence-electron chi connectivity index (χ2n) is 18.5. The second-order valence-corrected chi connectivity index (χ2v) is 18.5. The highest BCUT2D eigenvalue weighted by Gasteiger charge is 2.52. The van der Waals surface area contributed by atoms with Crippen LogP contribution in [0.4, 0.5) is 12.0 Å². The van der Waals surface area contributed by atoms with Crippen molar-refractivity contribution in [2.45, 2.75) is 102 Å². The van der Waals surface area contributed by atoms with Crippen molar-refractivity contribution in [1.29, 1.82) is 0 Å². The van der Waals surface area contributed by atoms with Gasteiger partial charge < -0.3 is 48.1 Å². The number of rotatable bonds is 10. The van der Waals surface area contributed by atoms with E-state index in [4.69, 9.17) is 18.3 Å². The summed E-state index contributed by atoms with van der Waals surface area (Å²) in [5.41, 5.74) is 2.83. The molecule has 2 N–H and O–H groups in total. The van der Waals surface area contributed by atoms with E-state index in [-0.39, 0.29) is 25.0 Å². The Morgan fingerprint density at radius 3 is 1.37 bits per heavy atom. The third-order valence-corrected chi connectivity index (χ3v) is 14.6. The van der Waals surface area contributed by atoms with Crippen molar-refractivity contribution in [2.24, 2.45) is 10.8 Å². The lowest BCUT2D eigenvalue weighted by molar-refractivity contribution is 0.0471. The van der Waals surface area contributed by atoms with E-state index in [1.807, 2.05) is 24.3 Å². The van der Waals surface area contributed by atoms with Gasteiger partial charge >= 0.3 is 35.7 Å². The van der Waals surface area contributed by atoms with Crippen molar-refractivity contribution in [3.63, 3.8) is 0 Å². The van der Waals surface area contributed by atoms with Gasteiger partial charge in [-0.05, 0) is 139 Å². The van der Waals surface area contributed by atoms with E-state index in [1.165, 1.54) is 38.5 Å². The topological polar surface area (TPSA) is 184 Å². The first-order chi connectivity index (χ1) is 30.1. The number of para-hydroxylation sites is 2. The molecule has 2 spiro atoms. The molecule has 0 radical (unpaired) electrons. The maximum Gasteiger partial charge on any atom is 0.396 e. The van der Waals surface area contributed by atoms with Crippen LogP contribution in [0.25, 0.3) is 0 Å². The Labute approximate surface area is 362 Å². The standard InChI is InChI=1S/2C23H30N4O4/c2*1-2-30-21(29)20-24-25-22(31-20)27-14-23(15-27)10-7-17(13-23)26-11-8-16(9-12-26)18-5-3-4-6-19(18)28/h2*3-6,16-17,28H,2,7-15H2,1H3/t2*17-/m11/s1. The van der Waals surface area contributed by atoms with Gasteiger partial charge in [0.1, 0.15) is 11.5 Å². The first-order valence-corrected chi connectivity index (χ1v) is 22.7. The number of aromatic hydroxyl groups is 2. The molecule has 6 heterocycles. The van der Waals surface area contributed by atoms with Crippen LogP contribution < -0.4 is 9.80 Å². The molecule has 0 amide bonds. The van der Waals surface area contributed by atoms with Gasteiger partial charge in [-0.25, -0.2) is 9.59 Å². The van der Waals surface area contributed by atoms with Crippen LogP contribution in [0.15, 0.2) is 57.4 Å². The highest BCUT2D eigenvalue weighted by molar-refractivity contribution is 5.84. The molecule has 4 saturated heterocycles. The number of phenolic OH excluding ortho intramolecular Hbond substituents is 2. The van der Waals surface area contributed by atoms with E-state index >= 15 is 0 Å². The minimum atomic E-state index is -0.565. The summed E-state index contributed by atoms with van der Waals surface area (Å²) in [6.45, 7) is 12.1. The molecule has 4 aromatic rings. The molecule has 2 saturated carbocycles. The molecule has 62 heavy (non-hydrogen) atoms. The summed E-state index contributed by atoms with van der Waals surface area (Å²) in [5.74, 6) is 0.499. The maximum absolute atomic E-state index is 11.7. The zero-order valence-electron chi connectivity index (χ0n) is 36.0. The first kappa shape index (κ1) is 42.1. The zero-order valence-corrected chi connectivity index (χ0v) is 36.0. The Kier molecular flexibility index (Phi) is 12.1. The number of hydrogen-bond acceptors (Lipinski definition) is 16. The highest BCUT2D eigenvalue weighted by atomic mass is 16.6. The van der Waals surface area contributed by atoms with Gasteiger partial charge in [0.15, 0.2) is 0 Å². The number of hydrogen-bond donors (Lipinski definition) is 2. The Morgan fingerprint density at radius 1 is 0.613 bits per heavy atom. The Hall–Kier alpha value is -5.22. The van der Waals surface area contributed by atoms with Crippen LogP contribution in [0, 0.1) is 10.8 Å². The summed E-state index contributed by atoms with van der Waals surface area (Å²) in [7, 11) is 0. The maximum atomic E-state index is 11.7. The predicted molar refractivity (Wildman–Crippen MR) is 228 cm³/mol. The number of carbonyl (C=O) groups excluding carboxylic acids is 2. The molecule has 10 rings (SSSR count). The van der Waals surface area contributed by atoms with Crippen molar-refractivity contribution in [3.8, 4) is 11.5 Å². The largest absolute Gasteiger partial charge is 0.508 e. The fraction of sp³-hybridized carbons (Fsp3) is 0.609. The van der Waals surface area contributed by atoms with Crippen LogP contribution in [0.1, 0.15) is 122 Å². The molecule has 2 aromatic carbocycles. The number of likely N-dealkylation sites (tertiary alicyclic amines) is 2. The van der Waals surface area contributed by atoms with E-state index in [0.29, 0.717) is 58.3 Å². The summed E-state index contributed by atoms with van der Waals surface area (Å²) in [4.78, 5) is 32.9. The molecule has 2 aliphatic carbocycles. The number of carbonyl (C=O) groups is 2. The minimum Gasteiger partial charge on any atom is -0.508 e. The van der Waals surface area contributed by atoms with E-state index < -0.39 is 11.9 Å². The fourth-order valence-electron chi connectivity index (χ4n) is 11.4. The number of nitrogens with zero attached hydrogens (tertiary/aromatic N) is 8. The average molecular weight is 853 g/mol. The van der Waals surface area contributed by atoms with Crippen LogP contribution in [0.2, 0.25) is 0 Å². The monoisotopic (exact) mass is 852 g/mol. The van der Waals surface area contributed by atoms with Crippen LogP contribution in [0.3, 0.4) is 0 Å². The molecule has 16 nitrogen and oxygen atoms in total. The Bertz CT molecular complexity index is 2010.